The molecule has 0 aliphatic heterocycles. The molecule has 1 fully saturated rings. The van der Waals surface area contributed by atoms with Gasteiger partial charge in [-0.25, -0.2) is 8.78 Å². The summed E-state index contributed by atoms with van der Waals surface area (Å²) in [5.41, 5.74) is 0.187. The molecule has 2 aromatic rings. The maximum absolute atomic E-state index is 13.7. The third-order valence-corrected chi connectivity index (χ3v) is 3.97. The first-order chi connectivity index (χ1) is 9.95. The molecule has 3 nitrogen and oxygen atoms in total. The molecule has 1 N–H and O–H groups in total. The van der Waals surface area contributed by atoms with Crippen LogP contribution in [-0.2, 0) is 0 Å². The lowest BCUT2D eigenvalue weighted by Crippen LogP contribution is -2.17. The van der Waals surface area contributed by atoms with Crippen molar-refractivity contribution in [2.75, 3.05) is 5.32 Å². The van der Waals surface area contributed by atoms with Crippen molar-refractivity contribution in [1.82, 2.24) is 4.57 Å². The summed E-state index contributed by atoms with van der Waals surface area (Å²) >= 11 is 9.10. The predicted octanol–water partition coefficient (Wildman–Crippen LogP) is 4.77. The Morgan fingerprint density at radius 2 is 2.05 bits per heavy atom. The molecule has 1 aliphatic rings. The maximum atomic E-state index is 13.7. The van der Waals surface area contributed by atoms with Gasteiger partial charge in [-0.3, -0.25) is 4.79 Å². The molecular formula is C14H10BrClF2N2O. The number of halogens is 4. The van der Waals surface area contributed by atoms with E-state index < -0.39 is 17.5 Å². The van der Waals surface area contributed by atoms with Crippen molar-refractivity contribution < 1.29 is 13.6 Å². The minimum Gasteiger partial charge on any atom is -0.339 e. The summed E-state index contributed by atoms with van der Waals surface area (Å²) in [5, 5.41) is 2.23. The topological polar surface area (TPSA) is 34.0 Å². The molecular weight excluding hydrogens is 366 g/mol. The van der Waals surface area contributed by atoms with Crippen LogP contribution in [0.15, 0.2) is 28.9 Å². The van der Waals surface area contributed by atoms with Crippen LogP contribution in [0, 0.1) is 11.6 Å². The number of nitrogens with one attached hydrogen (secondary N) is 1. The Morgan fingerprint density at radius 1 is 1.33 bits per heavy atom. The van der Waals surface area contributed by atoms with Gasteiger partial charge in [-0.15, -0.1) is 0 Å². The van der Waals surface area contributed by atoms with Gasteiger partial charge < -0.3 is 9.88 Å². The van der Waals surface area contributed by atoms with E-state index in [0.29, 0.717) is 17.8 Å². The van der Waals surface area contributed by atoms with Crippen LogP contribution in [0.3, 0.4) is 0 Å². The fraction of sp³-hybridized carbons (Fsp3) is 0.214. The standard InChI is InChI=1S/C14H10BrClF2N2O/c15-7-3-12(20(6-7)9-1-2-9)14(21)19-13-10(16)4-8(17)5-11(13)18/h3-6,9H,1-2H2,(H,19,21). The van der Waals surface area contributed by atoms with Crippen molar-refractivity contribution in [3.05, 3.63) is 51.2 Å². The van der Waals surface area contributed by atoms with Crippen molar-refractivity contribution >= 4 is 39.1 Å². The number of carbonyl (C=O) groups excluding carboxylic acids is 1. The molecule has 110 valence electrons. The number of nitrogens with zero attached hydrogens (tertiary/aromatic N) is 1. The molecule has 1 heterocycles. The fourth-order valence-corrected chi connectivity index (χ4v) is 2.80. The molecule has 1 aromatic carbocycles. The molecule has 0 saturated heterocycles. The first-order valence-corrected chi connectivity index (χ1v) is 7.46. The largest absolute Gasteiger partial charge is 0.339 e. The Hall–Kier alpha value is -1.40. The average Bonchev–Trinajstić information content (AvgIpc) is 3.16. The maximum Gasteiger partial charge on any atom is 0.272 e. The Labute approximate surface area is 133 Å². The highest BCUT2D eigenvalue weighted by Gasteiger charge is 2.28. The molecule has 1 aromatic heterocycles. The number of anilines is 1. The van der Waals surface area contributed by atoms with E-state index >= 15 is 0 Å². The number of rotatable bonds is 3. The predicted molar refractivity (Wildman–Crippen MR) is 79.7 cm³/mol. The number of hydrogen-bond donors (Lipinski definition) is 1. The summed E-state index contributed by atoms with van der Waals surface area (Å²) in [5.74, 6) is -2.18. The summed E-state index contributed by atoms with van der Waals surface area (Å²) in [6.45, 7) is 0. The summed E-state index contributed by atoms with van der Waals surface area (Å²) in [7, 11) is 0. The molecule has 0 atom stereocenters. The van der Waals surface area contributed by atoms with Gasteiger partial charge in [0.1, 0.15) is 11.5 Å². The molecule has 21 heavy (non-hydrogen) atoms. The zero-order valence-corrected chi connectivity index (χ0v) is 13.0. The van der Waals surface area contributed by atoms with Crippen LogP contribution in [0.5, 0.6) is 0 Å². The fourth-order valence-electron chi connectivity index (χ4n) is 2.12. The van der Waals surface area contributed by atoms with Gasteiger partial charge in [0.15, 0.2) is 5.82 Å². The molecule has 7 heteroatoms. The third kappa shape index (κ3) is 2.96. The molecule has 1 saturated carbocycles. The van der Waals surface area contributed by atoms with Gasteiger partial charge in [0.05, 0.1) is 10.7 Å². The van der Waals surface area contributed by atoms with E-state index in [-0.39, 0.29) is 10.7 Å². The third-order valence-electron chi connectivity index (χ3n) is 3.23. The Morgan fingerprint density at radius 3 is 2.67 bits per heavy atom. The quantitative estimate of drug-likeness (QED) is 0.824. The van der Waals surface area contributed by atoms with Crippen LogP contribution >= 0.6 is 27.5 Å². The van der Waals surface area contributed by atoms with Crippen molar-refractivity contribution in [2.45, 2.75) is 18.9 Å². The van der Waals surface area contributed by atoms with E-state index in [4.69, 9.17) is 11.6 Å². The van der Waals surface area contributed by atoms with Crippen LogP contribution in [0.4, 0.5) is 14.5 Å². The lowest BCUT2D eigenvalue weighted by Gasteiger charge is -2.10. The van der Waals surface area contributed by atoms with Gasteiger partial charge in [0, 0.05) is 22.8 Å². The Balaban J connectivity index is 1.90. The highest BCUT2D eigenvalue weighted by molar-refractivity contribution is 9.10. The van der Waals surface area contributed by atoms with Crippen LogP contribution < -0.4 is 5.32 Å². The average molecular weight is 376 g/mol. The monoisotopic (exact) mass is 374 g/mol. The molecule has 0 unspecified atom stereocenters. The van der Waals surface area contributed by atoms with Crippen LogP contribution in [0.25, 0.3) is 0 Å². The number of hydrogen-bond acceptors (Lipinski definition) is 1. The minimum absolute atomic E-state index is 0.176. The SMILES string of the molecule is O=C(Nc1c(F)cc(F)cc1Cl)c1cc(Br)cn1C1CC1. The Kier molecular flexibility index (Phi) is 3.75. The van der Waals surface area contributed by atoms with Gasteiger partial charge in [-0.1, -0.05) is 11.6 Å². The summed E-state index contributed by atoms with van der Waals surface area (Å²) in [6, 6.07) is 3.58. The minimum atomic E-state index is -0.906. The van der Waals surface area contributed by atoms with Gasteiger partial charge >= 0.3 is 0 Å². The second-order valence-corrected chi connectivity index (χ2v) is 6.20. The van der Waals surface area contributed by atoms with Crippen LogP contribution in [-0.4, -0.2) is 10.5 Å². The summed E-state index contributed by atoms with van der Waals surface area (Å²) < 4.78 is 29.3. The van der Waals surface area contributed by atoms with Crippen molar-refractivity contribution in [3.63, 3.8) is 0 Å². The molecule has 1 aliphatic carbocycles. The lowest BCUT2D eigenvalue weighted by molar-refractivity contribution is 0.101. The zero-order chi connectivity index (χ0) is 15.1. The zero-order valence-electron chi connectivity index (χ0n) is 10.7. The number of benzene rings is 1. The van der Waals surface area contributed by atoms with Crippen molar-refractivity contribution in [3.8, 4) is 0 Å². The van der Waals surface area contributed by atoms with Gasteiger partial charge in [0.2, 0.25) is 0 Å². The van der Waals surface area contributed by atoms with E-state index in [2.05, 4.69) is 21.2 Å². The van der Waals surface area contributed by atoms with E-state index in [9.17, 15) is 13.6 Å². The number of carbonyl (C=O) groups is 1. The highest BCUT2D eigenvalue weighted by Crippen LogP contribution is 2.38. The molecule has 3 rings (SSSR count). The van der Waals surface area contributed by atoms with E-state index in [0.717, 1.165) is 23.4 Å². The molecule has 0 radical (unpaired) electrons. The van der Waals surface area contributed by atoms with E-state index in [1.54, 1.807) is 6.07 Å². The van der Waals surface area contributed by atoms with Crippen molar-refractivity contribution in [2.24, 2.45) is 0 Å². The van der Waals surface area contributed by atoms with Crippen molar-refractivity contribution in [1.29, 1.82) is 0 Å². The normalized spacial score (nSPS) is 14.3. The van der Waals surface area contributed by atoms with E-state index in [1.807, 2.05) is 10.8 Å². The Bertz CT molecular complexity index is 705. The van der Waals surface area contributed by atoms with E-state index in [1.165, 1.54) is 0 Å². The van der Waals surface area contributed by atoms with Gasteiger partial charge in [-0.05, 0) is 40.9 Å². The summed E-state index contributed by atoms with van der Waals surface area (Å²) in [4.78, 5) is 12.3. The van der Waals surface area contributed by atoms with Gasteiger partial charge in [0.25, 0.3) is 5.91 Å². The van der Waals surface area contributed by atoms with Crippen LogP contribution in [0.1, 0.15) is 29.4 Å². The van der Waals surface area contributed by atoms with Gasteiger partial charge in [-0.2, -0.15) is 0 Å². The summed E-state index contributed by atoms with van der Waals surface area (Å²) in [6.07, 6.45) is 3.83. The van der Waals surface area contributed by atoms with Crippen LogP contribution in [0.2, 0.25) is 5.02 Å². The highest BCUT2D eigenvalue weighted by atomic mass is 79.9. The lowest BCUT2D eigenvalue weighted by atomic mass is 10.2. The molecule has 0 bridgehead atoms. The molecule has 1 amide bonds. The first kappa shape index (κ1) is 14.5. The molecule has 0 spiro atoms. The second-order valence-electron chi connectivity index (χ2n) is 4.88. The second kappa shape index (κ2) is 5.42. The smallest absolute Gasteiger partial charge is 0.272 e. The first-order valence-electron chi connectivity index (χ1n) is 6.29. The number of amides is 1. The number of aromatic nitrogens is 1.